The Morgan fingerprint density at radius 1 is 1.17 bits per heavy atom. The number of benzene rings is 1. The van der Waals surface area contributed by atoms with Crippen molar-refractivity contribution in [3.8, 4) is 0 Å². The second-order valence-corrected chi connectivity index (χ2v) is 9.90. The normalized spacial score (nSPS) is 30.8. The molecule has 1 heterocycles. The van der Waals surface area contributed by atoms with Crippen molar-refractivity contribution in [3.63, 3.8) is 0 Å². The Morgan fingerprint density at radius 2 is 1.87 bits per heavy atom. The Hall–Kier alpha value is -1.43. The van der Waals surface area contributed by atoms with Crippen LogP contribution in [0.3, 0.4) is 0 Å². The molecule has 2 aliphatic carbocycles. The van der Waals surface area contributed by atoms with Crippen molar-refractivity contribution in [2.75, 3.05) is 40.0 Å². The monoisotopic (exact) mass is 414 g/mol. The summed E-state index contributed by atoms with van der Waals surface area (Å²) >= 11 is 0. The molecule has 2 saturated carbocycles. The fourth-order valence-electron chi connectivity index (χ4n) is 5.57. The maximum atomic E-state index is 13.0. The van der Waals surface area contributed by atoms with Crippen LogP contribution in [0.2, 0.25) is 0 Å². The lowest BCUT2D eigenvalue weighted by molar-refractivity contribution is -0.140. The van der Waals surface area contributed by atoms with Crippen LogP contribution < -0.4 is 5.32 Å². The third-order valence-electron chi connectivity index (χ3n) is 7.80. The molecular weight excluding hydrogens is 376 g/mol. The summed E-state index contributed by atoms with van der Waals surface area (Å²) in [7, 11) is 1.79. The minimum atomic E-state index is 0.129. The molecule has 0 aromatic heterocycles. The first-order chi connectivity index (χ1) is 14.6. The summed E-state index contributed by atoms with van der Waals surface area (Å²) in [6, 6.07) is 11.4. The summed E-state index contributed by atoms with van der Waals surface area (Å²) in [6.07, 6.45) is 7.09. The molecule has 1 aliphatic heterocycles. The maximum Gasteiger partial charge on any atom is 0.225 e. The van der Waals surface area contributed by atoms with Gasteiger partial charge in [-0.25, -0.2) is 0 Å². The van der Waals surface area contributed by atoms with Crippen LogP contribution >= 0.6 is 0 Å². The van der Waals surface area contributed by atoms with E-state index in [0.29, 0.717) is 23.8 Å². The first-order valence-corrected chi connectivity index (χ1v) is 11.8. The lowest BCUT2D eigenvalue weighted by atomic mass is 9.77. The topological polar surface area (TPSA) is 61.8 Å². The van der Waals surface area contributed by atoms with Crippen LogP contribution in [-0.2, 0) is 9.53 Å². The SMILES string of the molecule is COCC1(CNC2CC2c2ccccc2)CCN(C(=O)C2CCC(CO)CC2)CC1. The highest BCUT2D eigenvalue weighted by Gasteiger charge is 2.42. The van der Waals surface area contributed by atoms with E-state index in [9.17, 15) is 9.90 Å². The number of methoxy groups -OCH3 is 1. The Morgan fingerprint density at radius 3 is 2.50 bits per heavy atom. The zero-order valence-corrected chi connectivity index (χ0v) is 18.4. The zero-order chi connectivity index (χ0) is 21.0. The largest absolute Gasteiger partial charge is 0.396 e. The third kappa shape index (κ3) is 5.06. The van der Waals surface area contributed by atoms with E-state index >= 15 is 0 Å². The highest BCUT2D eigenvalue weighted by molar-refractivity contribution is 5.79. The molecule has 1 amide bonds. The zero-order valence-electron chi connectivity index (χ0n) is 18.4. The van der Waals surface area contributed by atoms with Crippen molar-refractivity contribution < 1.29 is 14.6 Å². The predicted molar refractivity (Wildman–Crippen MR) is 118 cm³/mol. The van der Waals surface area contributed by atoms with E-state index in [-0.39, 0.29) is 17.9 Å². The Labute approximate surface area is 181 Å². The summed E-state index contributed by atoms with van der Waals surface area (Å²) in [6.45, 7) is 3.68. The quantitative estimate of drug-likeness (QED) is 0.686. The molecule has 3 fully saturated rings. The first-order valence-electron chi connectivity index (χ1n) is 11.8. The predicted octanol–water partition coefficient (Wildman–Crippen LogP) is 3.19. The molecule has 5 nitrogen and oxygen atoms in total. The number of amides is 1. The van der Waals surface area contributed by atoms with Crippen molar-refractivity contribution in [1.82, 2.24) is 10.2 Å². The van der Waals surface area contributed by atoms with E-state index in [1.54, 1.807) is 7.11 Å². The molecule has 2 atom stereocenters. The summed E-state index contributed by atoms with van der Waals surface area (Å²) in [4.78, 5) is 15.1. The van der Waals surface area contributed by atoms with Gasteiger partial charge in [0.1, 0.15) is 0 Å². The summed E-state index contributed by atoms with van der Waals surface area (Å²) in [5.41, 5.74) is 1.57. The van der Waals surface area contributed by atoms with Crippen LogP contribution in [0.25, 0.3) is 0 Å². The minimum absolute atomic E-state index is 0.129. The highest BCUT2D eigenvalue weighted by Crippen LogP contribution is 2.42. The Bertz CT molecular complexity index is 679. The number of aliphatic hydroxyl groups excluding tert-OH is 1. The molecule has 0 radical (unpaired) electrons. The maximum absolute atomic E-state index is 13.0. The van der Waals surface area contributed by atoms with E-state index in [1.165, 1.54) is 12.0 Å². The van der Waals surface area contributed by atoms with E-state index in [1.807, 2.05) is 0 Å². The fraction of sp³-hybridized carbons (Fsp3) is 0.720. The molecular formula is C25H38N2O3. The van der Waals surface area contributed by atoms with Gasteiger partial charge in [-0.05, 0) is 56.4 Å². The van der Waals surface area contributed by atoms with Crippen LogP contribution in [0.15, 0.2) is 30.3 Å². The molecule has 1 aromatic rings. The van der Waals surface area contributed by atoms with Crippen LogP contribution in [0.5, 0.6) is 0 Å². The number of carbonyl (C=O) groups excluding carboxylic acids is 1. The van der Waals surface area contributed by atoms with Gasteiger partial charge in [-0.3, -0.25) is 4.79 Å². The summed E-state index contributed by atoms with van der Waals surface area (Å²) < 4.78 is 5.62. The molecule has 1 saturated heterocycles. The molecule has 30 heavy (non-hydrogen) atoms. The summed E-state index contributed by atoms with van der Waals surface area (Å²) in [5.74, 6) is 1.55. The second-order valence-electron chi connectivity index (χ2n) is 9.90. The van der Waals surface area contributed by atoms with Crippen molar-refractivity contribution in [3.05, 3.63) is 35.9 Å². The molecule has 1 aromatic carbocycles. The minimum Gasteiger partial charge on any atom is -0.396 e. The second kappa shape index (κ2) is 9.80. The molecule has 0 spiro atoms. The van der Waals surface area contributed by atoms with Crippen LogP contribution in [0.1, 0.15) is 56.4 Å². The van der Waals surface area contributed by atoms with Crippen LogP contribution in [0, 0.1) is 17.3 Å². The number of ether oxygens (including phenoxy) is 1. The van der Waals surface area contributed by atoms with Gasteiger partial charge in [-0.2, -0.15) is 0 Å². The fourth-order valence-corrected chi connectivity index (χ4v) is 5.57. The van der Waals surface area contributed by atoms with Gasteiger partial charge in [0.25, 0.3) is 0 Å². The number of piperidine rings is 1. The van der Waals surface area contributed by atoms with Crippen molar-refractivity contribution >= 4 is 5.91 Å². The lowest BCUT2D eigenvalue weighted by Gasteiger charge is -2.43. The first kappa shape index (κ1) is 21.8. The molecule has 3 aliphatic rings. The van der Waals surface area contributed by atoms with E-state index < -0.39 is 0 Å². The number of nitrogens with one attached hydrogen (secondary N) is 1. The van der Waals surface area contributed by atoms with E-state index in [2.05, 4.69) is 40.5 Å². The molecule has 0 bridgehead atoms. The number of hydrogen-bond acceptors (Lipinski definition) is 4. The number of likely N-dealkylation sites (tertiary alicyclic amines) is 1. The lowest BCUT2D eigenvalue weighted by Crippen LogP contribution is -2.50. The Balaban J connectivity index is 1.26. The van der Waals surface area contributed by atoms with Gasteiger partial charge in [-0.15, -0.1) is 0 Å². The Kier molecular flexibility index (Phi) is 7.12. The number of aliphatic hydroxyl groups is 1. The van der Waals surface area contributed by atoms with Crippen LogP contribution in [0.4, 0.5) is 0 Å². The van der Waals surface area contributed by atoms with E-state index in [4.69, 9.17) is 4.74 Å². The van der Waals surface area contributed by atoms with Crippen molar-refractivity contribution in [2.45, 2.75) is 56.9 Å². The molecule has 5 heteroatoms. The van der Waals surface area contributed by atoms with Gasteiger partial charge >= 0.3 is 0 Å². The van der Waals surface area contributed by atoms with Crippen molar-refractivity contribution in [2.24, 2.45) is 17.3 Å². The number of hydrogen-bond donors (Lipinski definition) is 2. The van der Waals surface area contributed by atoms with Gasteiger partial charge < -0.3 is 20.1 Å². The molecule has 2 unspecified atom stereocenters. The standard InChI is InChI=1S/C25H38N2O3/c1-30-18-25(17-26-23-15-22(23)20-5-3-2-4-6-20)11-13-27(14-12-25)24(29)21-9-7-19(16-28)8-10-21/h2-6,19,21-23,26,28H,7-18H2,1H3. The number of rotatable bonds is 8. The van der Waals surface area contributed by atoms with Crippen molar-refractivity contribution in [1.29, 1.82) is 0 Å². The average molecular weight is 415 g/mol. The summed E-state index contributed by atoms with van der Waals surface area (Å²) in [5, 5.41) is 13.1. The van der Waals surface area contributed by atoms with E-state index in [0.717, 1.165) is 64.8 Å². The third-order valence-corrected chi connectivity index (χ3v) is 7.80. The van der Waals surface area contributed by atoms with Gasteiger partial charge in [0.2, 0.25) is 5.91 Å². The van der Waals surface area contributed by atoms with Gasteiger partial charge in [0.05, 0.1) is 6.61 Å². The van der Waals surface area contributed by atoms with Gasteiger partial charge in [0.15, 0.2) is 0 Å². The van der Waals surface area contributed by atoms with Gasteiger partial charge in [-0.1, -0.05) is 30.3 Å². The van der Waals surface area contributed by atoms with Gasteiger partial charge in [0, 0.05) is 56.6 Å². The molecule has 2 N–H and O–H groups in total. The molecule has 4 rings (SSSR count). The van der Waals surface area contributed by atoms with Crippen LogP contribution in [-0.4, -0.2) is 61.9 Å². The smallest absolute Gasteiger partial charge is 0.225 e. The highest BCUT2D eigenvalue weighted by atomic mass is 16.5. The number of carbonyl (C=O) groups is 1. The number of nitrogens with zero attached hydrogens (tertiary/aromatic N) is 1. The molecule has 166 valence electrons. The average Bonchev–Trinajstić information content (AvgIpc) is 3.59.